The van der Waals surface area contributed by atoms with Crippen LogP contribution in [-0.2, 0) is 9.59 Å². The zero-order valence-corrected chi connectivity index (χ0v) is 8.73. The van der Waals surface area contributed by atoms with E-state index in [1.807, 2.05) is 0 Å². The Morgan fingerprint density at radius 3 is 2.82 bits per heavy atom. The highest BCUT2D eigenvalue weighted by Gasteiger charge is 2.27. The number of furan rings is 1. The van der Waals surface area contributed by atoms with Crippen LogP contribution in [0.1, 0.15) is 23.4 Å². The van der Waals surface area contributed by atoms with Crippen molar-refractivity contribution in [1.29, 1.82) is 0 Å². The van der Waals surface area contributed by atoms with E-state index < -0.39 is 17.9 Å². The number of rotatable bonds is 3. The van der Waals surface area contributed by atoms with Gasteiger partial charge in [0, 0.05) is 12.5 Å². The quantitative estimate of drug-likeness (QED) is 0.649. The number of nitrogens with one attached hydrogen (secondary N) is 2. The van der Waals surface area contributed by atoms with Crippen LogP contribution in [0.3, 0.4) is 0 Å². The Morgan fingerprint density at radius 2 is 2.24 bits per heavy atom. The summed E-state index contributed by atoms with van der Waals surface area (Å²) in [5.74, 6) is -1.94. The number of piperidine rings is 1. The van der Waals surface area contributed by atoms with Crippen molar-refractivity contribution in [3.8, 4) is 0 Å². The van der Waals surface area contributed by atoms with Crippen LogP contribution in [0.5, 0.6) is 0 Å². The van der Waals surface area contributed by atoms with Gasteiger partial charge in [-0.15, -0.1) is 0 Å². The average Bonchev–Trinajstić information content (AvgIpc) is 2.71. The predicted octanol–water partition coefficient (Wildman–Crippen LogP) is 0.195. The van der Waals surface area contributed by atoms with Gasteiger partial charge in [-0.2, -0.15) is 0 Å². The molecular formula is C10H10N2O5. The lowest BCUT2D eigenvalue weighted by molar-refractivity contribution is -0.133. The molecule has 0 bridgehead atoms. The van der Waals surface area contributed by atoms with Gasteiger partial charge in [0.05, 0.1) is 0 Å². The van der Waals surface area contributed by atoms with Crippen molar-refractivity contribution < 1.29 is 23.9 Å². The number of carboxylic acids is 1. The number of hydrogen-bond donors (Lipinski definition) is 3. The Balaban J connectivity index is 2.02. The van der Waals surface area contributed by atoms with Crippen molar-refractivity contribution in [3.05, 3.63) is 17.9 Å². The molecule has 0 aromatic carbocycles. The van der Waals surface area contributed by atoms with Gasteiger partial charge < -0.3 is 14.8 Å². The number of imide groups is 1. The normalized spacial score (nSPS) is 19.9. The molecule has 1 atom stereocenters. The fourth-order valence-corrected chi connectivity index (χ4v) is 1.53. The maximum absolute atomic E-state index is 11.4. The van der Waals surface area contributed by atoms with E-state index in [2.05, 4.69) is 10.6 Å². The summed E-state index contributed by atoms with van der Waals surface area (Å²) in [5.41, 5.74) is 0. The number of carbonyl (C=O) groups excluding carboxylic acids is 2. The summed E-state index contributed by atoms with van der Waals surface area (Å²) in [4.78, 5) is 32.9. The number of hydrogen-bond acceptors (Lipinski definition) is 5. The second-order valence-corrected chi connectivity index (χ2v) is 3.62. The zero-order chi connectivity index (χ0) is 12.4. The van der Waals surface area contributed by atoms with Gasteiger partial charge in [-0.3, -0.25) is 14.9 Å². The SMILES string of the molecule is O=C1CCC(Nc2ccc(C(=O)O)o2)C(=O)N1. The Bertz CT molecular complexity index is 479. The standard InChI is InChI=1S/C10H10N2O5/c13-7-3-1-5(9(14)12-7)11-8-4-2-6(17-8)10(15)16/h2,4-5,11H,1,3H2,(H,15,16)(H,12,13,14). The van der Waals surface area contributed by atoms with Gasteiger partial charge in [0.15, 0.2) is 5.88 Å². The predicted molar refractivity (Wildman–Crippen MR) is 55.5 cm³/mol. The molecule has 2 rings (SSSR count). The van der Waals surface area contributed by atoms with E-state index in [9.17, 15) is 14.4 Å². The zero-order valence-electron chi connectivity index (χ0n) is 8.73. The molecule has 2 heterocycles. The molecule has 0 aliphatic carbocycles. The first kappa shape index (κ1) is 11.2. The second-order valence-electron chi connectivity index (χ2n) is 3.62. The lowest BCUT2D eigenvalue weighted by Crippen LogP contribution is -2.47. The van der Waals surface area contributed by atoms with Crippen molar-refractivity contribution in [1.82, 2.24) is 5.32 Å². The molecule has 0 saturated carbocycles. The van der Waals surface area contributed by atoms with Crippen LogP contribution in [0.25, 0.3) is 0 Å². The second kappa shape index (κ2) is 4.28. The summed E-state index contributed by atoms with van der Waals surface area (Å²) < 4.78 is 4.95. The first-order chi connectivity index (χ1) is 8.06. The monoisotopic (exact) mass is 238 g/mol. The fraction of sp³-hybridized carbons (Fsp3) is 0.300. The highest BCUT2D eigenvalue weighted by molar-refractivity contribution is 6.01. The smallest absolute Gasteiger partial charge is 0.371 e. The summed E-state index contributed by atoms with van der Waals surface area (Å²) in [6, 6.07) is 2.13. The van der Waals surface area contributed by atoms with Crippen molar-refractivity contribution >= 4 is 23.7 Å². The van der Waals surface area contributed by atoms with Crippen LogP contribution >= 0.6 is 0 Å². The van der Waals surface area contributed by atoms with Crippen LogP contribution in [0.4, 0.5) is 5.88 Å². The van der Waals surface area contributed by atoms with Crippen molar-refractivity contribution in [3.63, 3.8) is 0 Å². The molecule has 17 heavy (non-hydrogen) atoms. The minimum Gasteiger partial charge on any atom is -0.475 e. The number of anilines is 1. The number of carboxylic acid groups (broad SMARTS) is 1. The van der Waals surface area contributed by atoms with Gasteiger partial charge in [0.1, 0.15) is 6.04 Å². The largest absolute Gasteiger partial charge is 0.475 e. The average molecular weight is 238 g/mol. The molecule has 2 amide bonds. The molecule has 1 aliphatic rings. The van der Waals surface area contributed by atoms with Gasteiger partial charge >= 0.3 is 5.97 Å². The van der Waals surface area contributed by atoms with Crippen LogP contribution in [0.2, 0.25) is 0 Å². The maximum atomic E-state index is 11.4. The molecule has 1 fully saturated rings. The number of aromatic carboxylic acids is 1. The molecular weight excluding hydrogens is 228 g/mol. The molecule has 1 saturated heterocycles. The van der Waals surface area contributed by atoms with Crippen LogP contribution < -0.4 is 10.6 Å². The van der Waals surface area contributed by atoms with Crippen LogP contribution in [0, 0.1) is 0 Å². The third-order valence-electron chi connectivity index (χ3n) is 2.37. The lowest BCUT2D eigenvalue weighted by Gasteiger charge is -2.21. The highest BCUT2D eigenvalue weighted by Crippen LogP contribution is 2.17. The minimum absolute atomic E-state index is 0.192. The number of carbonyl (C=O) groups is 3. The van der Waals surface area contributed by atoms with E-state index in [-0.39, 0.29) is 24.0 Å². The van der Waals surface area contributed by atoms with E-state index in [1.54, 1.807) is 0 Å². The topological polar surface area (TPSA) is 109 Å². The van der Waals surface area contributed by atoms with E-state index in [0.717, 1.165) is 0 Å². The molecule has 90 valence electrons. The van der Waals surface area contributed by atoms with E-state index in [1.165, 1.54) is 12.1 Å². The summed E-state index contributed by atoms with van der Waals surface area (Å²) in [5, 5.41) is 13.6. The molecule has 7 nitrogen and oxygen atoms in total. The first-order valence-corrected chi connectivity index (χ1v) is 4.99. The molecule has 1 unspecified atom stereocenters. The summed E-state index contributed by atoms with van der Waals surface area (Å²) in [6.45, 7) is 0. The fourth-order valence-electron chi connectivity index (χ4n) is 1.53. The van der Waals surface area contributed by atoms with Gasteiger partial charge in [-0.25, -0.2) is 4.79 Å². The minimum atomic E-state index is -1.18. The van der Waals surface area contributed by atoms with Crippen LogP contribution in [-0.4, -0.2) is 28.9 Å². The lowest BCUT2D eigenvalue weighted by atomic mass is 10.1. The highest BCUT2D eigenvalue weighted by atomic mass is 16.4. The van der Waals surface area contributed by atoms with Gasteiger partial charge in [-0.05, 0) is 12.5 Å². The third kappa shape index (κ3) is 2.44. The van der Waals surface area contributed by atoms with Gasteiger partial charge in [0.2, 0.25) is 17.6 Å². The molecule has 0 radical (unpaired) electrons. The van der Waals surface area contributed by atoms with Gasteiger partial charge in [0.25, 0.3) is 0 Å². The van der Waals surface area contributed by atoms with E-state index in [0.29, 0.717) is 6.42 Å². The van der Waals surface area contributed by atoms with Crippen molar-refractivity contribution in [2.75, 3.05) is 5.32 Å². The van der Waals surface area contributed by atoms with Crippen LogP contribution in [0.15, 0.2) is 16.5 Å². The maximum Gasteiger partial charge on any atom is 0.371 e. The van der Waals surface area contributed by atoms with Crippen molar-refractivity contribution in [2.45, 2.75) is 18.9 Å². The van der Waals surface area contributed by atoms with E-state index in [4.69, 9.17) is 9.52 Å². The molecule has 1 aromatic heterocycles. The molecule has 1 aromatic rings. The first-order valence-electron chi connectivity index (χ1n) is 4.99. The Hall–Kier alpha value is -2.31. The number of amides is 2. The Kier molecular flexibility index (Phi) is 2.82. The summed E-state index contributed by atoms with van der Waals surface area (Å²) in [7, 11) is 0. The Morgan fingerprint density at radius 1 is 1.47 bits per heavy atom. The van der Waals surface area contributed by atoms with Gasteiger partial charge in [-0.1, -0.05) is 0 Å². The summed E-state index contributed by atoms with van der Waals surface area (Å²) in [6.07, 6.45) is 0.601. The third-order valence-corrected chi connectivity index (χ3v) is 2.37. The van der Waals surface area contributed by atoms with E-state index >= 15 is 0 Å². The molecule has 0 spiro atoms. The molecule has 1 aliphatic heterocycles. The van der Waals surface area contributed by atoms with Crippen molar-refractivity contribution in [2.24, 2.45) is 0 Å². The Labute approximate surface area is 95.8 Å². The molecule has 7 heteroatoms. The summed E-state index contributed by atoms with van der Waals surface area (Å²) >= 11 is 0. The molecule has 3 N–H and O–H groups in total.